The molecule has 12 heteroatoms. The van der Waals surface area contributed by atoms with E-state index >= 15 is 0 Å². The molecule has 2 unspecified atom stereocenters. The van der Waals surface area contributed by atoms with Crippen molar-refractivity contribution in [3.05, 3.63) is 0 Å². The number of hydrogen-bond donors (Lipinski definition) is 0. The van der Waals surface area contributed by atoms with Gasteiger partial charge >= 0.3 is 7.66 Å². The molecule has 0 radical (unpaired) electrons. The molecule has 0 aliphatic carbocycles. The van der Waals surface area contributed by atoms with Gasteiger partial charge in [0, 0.05) is 28.4 Å². The van der Waals surface area contributed by atoms with Crippen LogP contribution in [0.4, 0.5) is 0 Å². The molecule has 1 heterocycles. The lowest BCUT2D eigenvalue weighted by molar-refractivity contribution is -0.0422. The van der Waals surface area contributed by atoms with Crippen molar-refractivity contribution in [1.29, 1.82) is 0 Å². The second kappa shape index (κ2) is 7.53. The fraction of sp³-hybridized carbons (Fsp3) is 1.00. The van der Waals surface area contributed by atoms with Gasteiger partial charge in [-0.25, -0.2) is 0 Å². The molecule has 0 aromatic rings. The Morgan fingerprint density at radius 2 is 1.50 bits per heavy atom. The van der Waals surface area contributed by atoms with Crippen molar-refractivity contribution in [1.82, 2.24) is 9.21 Å². The Kier molecular flexibility index (Phi) is 7.03. The highest BCUT2D eigenvalue weighted by atomic mass is 31.3. The first kappa shape index (κ1) is 16.8. The average Bonchev–Trinajstić information content (AvgIpc) is 2.44. The summed E-state index contributed by atoms with van der Waals surface area (Å²) in [6.07, 6.45) is 0. The van der Waals surface area contributed by atoms with Crippen molar-refractivity contribution in [2.24, 2.45) is 4.52 Å². The van der Waals surface area contributed by atoms with Gasteiger partial charge in [0.1, 0.15) is 0 Å². The largest absolute Gasteiger partial charge is 0.331 e. The van der Waals surface area contributed by atoms with Gasteiger partial charge in [0.15, 0.2) is 0 Å². The zero-order valence-corrected chi connectivity index (χ0v) is 13.8. The molecule has 0 fully saturated rings. The highest BCUT2D eigenvalue weighted by molar-refractivity contribution is 7.77. The first-order valence-electron chi connectivity index (χ1n) is 4.74. The van der Waals surface area contributed by atoms with E-state index in [2.05, 4.69) is 4.52 Å². The first-order chi connectivity index (χ1) is 8.63. The molecule has 9 nitrogen and oxygen atoms in total. The van der Waals surface area contributed by atoms with Crippen LogP contribution in [0.3, 0.4) is 0 Å². The van der Waals surface area contributed by atoms with Gasteiger partial charge in [-0.1, -0.05) is 4.60 Å². The van der Waals surface area contributed by atoms with E-state index < -0.39 is 24.6 Å². The fourth-order valence-electron chi connectivity index (χ4n) is 1.24. The van der Waals surface area contributed by atoms with Crippen LogP contribution in [0.1, 0.15) is 0 Å². The Balaban J connectivity index is 3.27. The van der Waals surface area contributed by atoms with Crippen molar-refractivity contribution in [2.75, 3.05) is 42.7 Å². The van der Waals surface area contributed by atoms with E-state index in [0.29, 0.717) is 0 Å². The first-order valence-corrected chi connectivity index (χ1v) is 8.61. The standard InChI is InChI=1S/C6H18N3O6P3/c1-10-8-16(12-3)7-18(14-5,15-6)9(11-2)17(8)13-4/h1-6H3. The van der Waals surface area contributed by atoms with Gasteiger partial charge < -0.3 is 18.1 Å². The number of nitrogens with zero attached hydrogens (tertiary/aromatic N) is 3. The average molecular weight is 321 g/mol. The molecule has 0 bridgehead atoms. The van der Waals surface area contributed by atoms with E-state index in [1.165, 1.54) is 51.9 Å². The molecule has 0 spiro atoms. The second-order valence-electron chi connectivity index (χ2n) is 2.69. The summed E-state index contributed by atoms with van der Waals surface area (Å²) >= 11 is 0. The van der Waals surface area contributed by atoms with Crippen molar-refractivity contribution < 1.29 is 27.8 Å². The zero-order chi connectivity index (χ0) is 13.8. The minimum absolute atomic E-state index is 1.39. The van der Waals surface area contributed by atoms with Crippen LogP contribution in [-0.4, -0.2) is 51.9 Å². The minimum atomic E-state index is -2.74. The summed E-state index contributed by atoms with van der Waals surface area (Å²) in [5.41, 5.74) is 0. The lowest BCUT2D eigenvalue weighted by Gasteiger charge is -2.42. The SMILES string of the molecule is CON1P(OC)N=P(OC)(OC)N(OC)P1OC. The van der Waals surface area contributed by atoms with Crippen LogP contribution >= 0.6 is 24.6 Å². The second-order valence-corrected chi connectivity index (χ2v) is 8.94. The molecular formula is C6H18N3O6P3. The maximum atomic E-state index is 5.40. The normalized spacial score (nSPS) is 29.2. The summed E-state index contributed by atoms with van der Waals surface area (Å²) in [7, 11) is 3.54. The molecule has 0 amide bonds. The highest BCUT2D eigenvalue weighted by Crippen LogP contribution is 2.78. The van der Waals surface area contributed by atoms with Crippen LogP contribution in [0.5, 0.6) is 0 Å². The van der Waals surface area contributed by atoms with Gasteiger partial charge in [-0.2, -0.15) is 4.52 Å². The Morgan fingerprint density at radius 1 is 0.889 bits per heavy atom. The summed E-state index contributed by atoms with van der Waals surface area (Å²) in [6.45, 7) is 0. The van der Waals surface area contributed by atoms with Crippen LogP contribution in [0.15, 0.2) is 4.52 Å². The van der Waals surface area contributed by atoms with Crippen molar-refractivity contribution >= 4 is 24.6 Å². The third-order valence-electron chi connectivity index (χ3n) is 1.97. The molecule has 0 aromatic carbocycles. The van der Waals surface area contributed by atoms with Crippen LogP contribution in [0.25, 0.3) is 0 Å². The predicted octanol–water partition coefficient (Wildman–Crippen LogP) is 2.71. The maximum absolute atomic E-state index is 5.40. The van der Waals surface area contributed by atoms with Gasteiger partial charge in [0.05, 0.1) is 14.2 Å². The monoisotopic (exact) mass is 321 g/mol. The molecule has 1 rings (SSSR count). The molecule has 18 heavy (non-hydrogen) atoms. The summed E-state index contributed by atoms with van der Waals surface area (Å²) in [5.74, 6) is 0. The molecule has 2 atom stereocenters. The van der Waals surface area contributed by atoms with Crippen LogP contribution in [-0.2, 0) is 27.8 Å². The molecule has 0 N–H and O–H groups in total. The Hall–Kier alpha value is 0.770. The third kappa shape index (κ3) is 2.92. The molecule has 0 saturated carbocycles. The smallest absolute Gasteiger partial charge is 0.327 e. The Bertz CT molecular complexity index is 313. The van der Waals surface area contributed by atoms with Crippen molar-refractivity contribution in [3.8, 4) is 0 Å². The van der Waals surface area contributed by atoms with Crippen LogP contribution in [0, 0.1) is 0 Å². The van der Waals surface area contributed by atoms with Gasteiger partial charge in [-0.05, 0) is 4.60 Å². The van der Waals surface area contributed by atoms with E-state index in [9.17, 15) is 0 Å². The molecule has 0 saturated heterocycles. The van der Waals surface area contributed by atoms with Gasteiger partial charge in [0.25, 0.3) is 16.9 Å². The highest BCUT2D eigenvalue weighted by Gasteiger charge is 2.50. The zero-order valence-electron chi connectivity index (χ0n) is 11.1. The quantitative estimate of drug-likeness (QED) is 0.691. The Morgan fingerprint density at radius 3 is 1.83 bits per heavy atom. The summed E-state index contributed by atoms with van der Waals surface area (Å²) in [5, 5.41) is 0. The molecule has 1 aliphatic rings. The summed E-state index contributed by atoms with van der Waals surface area (Å²) in [4.78, 5) is 10.5. The van der Waals surface area contributed by atoms with E-state index in [1.807, 2.05) is 0 Å². The van der Waals surface area contributed by atoms with Crippen molar-refractivity contribution in [2.45, 2.75) is 0 Å². The summed E-state index contributed by atoms with van der Waals surface area (Å²) < 4.78 is 28.9. The van der Waals surface area contributed by atoms with Crippen LogP contribution < -0.4 is 0 Å². The van der Waals surface area contributed by atoms with Gasteiger partial charge in [-0.15, -0.1) is 0 Å². The topological polar surface area (TPSA) is 74.2 Å². The van der Waals surface area contributed by atoms with Gasteiger partial charge in [0.2, 0.25) is 0 Å². The molecule has 0 aromatic heterocycles. The van der Waals surface area contributed by atoms with E-state index in [1.54, 1.807) is 0 Å². The molecule has 1 aliphatic heterocycles. The lowest BCUT2D eigenvalue weighted by atomic mass is 11.7. The lowest BCUT2D eigenvalue weighted by Crippen LogP contribution is -2.28. The van der Waals surface area contributed by atoms with Gasteiger partial charge in [-0.3, -0.25) is 9.68 Å². The van der Waals surface area contributed by atoms with E-state index in [4.69, 9.17) is 27.8 Å². The van der Waals surface area contributed by atoms with Crippen molar-refractivity contribution in [3.63, 3.8) is 0 Å². The fourth-order valence-corrected chi connectivity index (χ4v) is 8.70. The number of hydrogen-bond acceptors (Lipinski definition) is 9. The molecule has 108 valence electrons. The van der Waals surface area contributed by atoms with E-state index in [0.717, 1.165) is 0 Å². The number of rotatable bonds is 6. The maximum Gasteiger partial charge on any atom is 0.327 e. The summed E-state index contributed by atoms with van der Waals surface area (Å²) in [6, 6.07) is 0. The van der Waals surface area contributed by atoms with E-state index in [-0.39, 0.29) is 0 Å². The van der Waals surface area contributed by atoms with Crippen LogP contribution in [0.2, 0.25) is 0 Å². The molecular weight excluding hydrogens is 303 g/mol. The third-order valence-corrected chi connectivity index (χ3v) is 9.11. The minimum Gasteiger partial charge on any atom is -0.331 e. The Labute approximate surface area is 109 Å². The predicted molar refractivity (Wildman–Crippen MR) is 68.9 cm³/mol.